The summed E-state index contributed by atoms with van der Waals surface area (Å²) in [5.41, 5.74) is 1.44. The third-order valence-corrected chi connectivity index (χ3v) is 9.45. The molecule has 0 radical (unpaired) electrons. The Morgan fingerprint density at radius 1 is 0.814 bits per heavy atom. The molecule has 0 fully saturated rings. The van der Waals surface area contributed by atoms with E-state index >= 15 is 0 Å². The highest BCUT2D eigenvalue weighted by Crippen LogP contribution is 2.29. The van der Waals surface area contributed by atoms with Gasteiger partial charge in [-0.25, -0.2) is 8.42 Å². The highest BCUT2D eigenvalue weighted by Gasteiger charge is 2.35. The van der Waals surface area contributed by atoms with Crippen LogP contribution in [0.1, 0.15) is 18.1 Å². The van der Waals surface area contributed by atoms with Crippen molar-refractivity contribution < 1.29 is 18.0 Å². The second kappa shape index (κ2) is 14.8. The van der Waals surface area contributed by atoms with E-state index in [-0.39, 0.29) is 23.5 Å². The van der Waals surface area contributed by atoms with Gasteiger partial charge in [0.25, 0.3) is 10.0 Å². The maximum atomic E-state index is 14.4. The van der Waals surface area contributed by atoms with Crippen LogP contribution < -0.4 is 9.62 Å². The van der Waals surface area contributed by atoms with Crippen LogP contribution in [0.4, 0.5) is 5.69 Å². The quantitative estimate of drug-likeness (QED) is 0.185. The van der Waals surface area contributed by atoms with Gasteiger partial charge in [-0.1, -0.05) is 95.5 Å². The fraction of sp³-hybridized carbons (Fsp3) is 0.188. The lowest BCUT2D eigenvalue weighted by molar-refractivity contribution is -0.140. The maximum Gasteiger partial charge on any atom is 0.264 e. The molecule has 4 aromatic rings. The van der Waals surface area contributed by atoms with Crippen LogP contribution in [-0.4, -0.2) is 44.3 Å². The van der Waals surface area contributed by atoms with Gasteiger partial charge in [0.2, 0.25) is 11.8 Å². The molecule has 1 atom stereocenters. The first-order chi connectivity index (χ1) is 20.6. The van der Waals surface area contributed by atoms with Crippen LogP contribution in [0.3, 0.4) is 0 Å². The van der Waals surface area contributed by atoms with Crippen molar-refractivity contribution in [2.24, 2.45) is 0 Å². The SMILES string of the molecule is CCNC(=O)[C@H](Cc1ccccc1)N(Cc1c(Cl)cccc1Cl)C(=O)CN(c1cccc(Cl)c1)S(=O)(=O)c1ccccc1. The summed E-state index contributed by atoms with van der Waals surface area (Å²) in [6.07, 6.45) is 0.170. The fourth-order valence-corrected chi connectivity index (χ4v) is 6.71. The second-order valence-corrected chi connectivity index (χ2v) is 12.7. The minimum absolute atomic E-state index is 0.00645. The van der Waals surface area contributed by atoms with Crippen molar-refractivity contribution in [2.75, 3.05) is 17.4 Å². The van der Waals surface area contributed by atoms with Crippen LogP contribution in [0, 0.1) is 0 Å². The van der Waals surface area contributed by atoms with E-state index in [4.69, 9.17) is 34.8 Å². The molecule has 0 spiro atoms. The Bertz CT molecular complexity index is 1650. The van der Waals surface area contributed by atoms with Crippen LogP contribution in [0.5, 0.6) is 0 Å². The molecule has 4 rings (SSSR count). The van der Waals surface area contributed by atoms with E-state index in [2.05, 4.69) is 5.32 Å². The molecule has 0 bridgehead atoms. The number of hydrogen-bond acceptors (Lipinski definition) is 4. The van der Waals surface area contributed by atoms with Gasteiger partial charge in [-0.05, 0) is 55.0 Å². The molecule has 7 nitrogen and oxygen atoms in total. The number of likely N-dealkylation sites (N-methyl/N-ethyl adjacent to an activating group) is 1. The Balaban J connectivity index is 1.82. The van der Waals surface area contributed by atoms with Gasteiger partial charge < -0.3 is 10.2 Å². The molecule has 4 aromatic carbocycles. The van der Waals surface area contributed by atoms with Crippen LogP contribution >= 0.6 is 34.8 Å². The molecule has 224 valence electrons. The van der Waals surface area contributed by atoms with Gasteiger partial charge in [-0.3, -0.25) is 13.9 Å². The summed E-state index contributed by atoms with van der Waals surface area (Å²) < 4.78 is 28.9. The molecule has 0 aliphatic heterocycles. The Hall–Kier alpha value is -3.56. The Morgan fingerprint density at radius 3 is 2.02 bits per heavy atom. The summed E-state index contributed by atoms with van der Waals surface area (Å²) in [5.74, 6) is -1.04. The van der Waals surface area contributed by atoms with E-state index < -0.39 is 34.4 Å². The van der Waals surface area contributed by atoms with Gasteiger partial charge in [0.15, 0.2) is 0 Å². The number of anilines is 1. The predicted molar refractivity (Wildman–Crippen MR) is 172 cm³/mol. The molecular formula is C32H30Cl3N3O4S. The molecule has 0 aromatic heterocycles. The Kier molecular flexibility index (Phi) is 11.1. The number of carbonyl (C=O) groups excluding carboxylic acids is 2. The number of benzene rings is 4. The lowest BCUT2D eigenvalue weighted by Crippen LogP contribution is -2.53. The normalized spacial score (nSPS) is 11.9. The lowest BCUT2D eigenvalue weighted by atomic mass is 10.0. The number of hydrogen-bond donors (Lipinski definition) is 1. The average Bonchev–Trinajstić information content (AvgIpc) is 3.00. The molecule has 0 aliphatic carbocycles. The molecule has 2 amide bonds. The molecule has 0 aliphatic rings. The molecule has 0 saturated heterocycles. The predicted octanol–water partition coefficient (Wildman–Crippen LogP) is 6.62. The third-order valence-electron chi connectivity index (χ3n) is 6.72. The zero-order chi connectivity index (χ0) is 31.0. The highest BCUT2D eigenvalue weighted by molar-refractivity contribution is 7.92. The first-order valence-corrected chi connectivity index (χ1v) is 16.1. The van der Waals surface area contributed by atoms with Crippen LogP contribution in [-0.2, 0) is 32.6 Å². The minimum atomic E-state index is -4.23. The summed E-state index contributed by atoms with van der Waals surface area (Å²) >= 11 is 19.3. The molecular weight excluding hydrogens is 629 g/mol. The zero-order valence-electron chi connectivity index (χ0n) is 23.3. The van der Waals surface area contributed by atoms with Crippen molar-refractivity contribution in [3.63, 3.8) is 0 Å². The van der Waals surface area contributed by atoms with Gasteiger partial charge in [0, 0.05) is 40.1 Å². The molecule has 43 heavy (non-hydrogen) atoms. The number of halogens is 3. The zero-order valence-corrected chi connectivity index (χ0v) is 26.4. The average molecular weight is 659 g/mol. The number of amides is 2. The molecule has 11 heteroatoms. The second-order valence-electron chi connectivity index (χ2n) is 9.63. The number of nitrogens with zero attached hydrogens (tertiary/aromatic N) is 2. The standard InChI is InChI=1S/C32H30Cl3N3O4S/c1-2-36-32(40)30(19-23-11-5-3-6-12-23)37(21-27-28(34)17-10-18-29(27)35)31(39)22-38(25-14-9-13-24(33)20-25)43(41,42)26-15-7-4-8-16-26/h3-18,20,30H,2,19,21-22H2,1H3,(H,36,40)/t30-/m0/s1. The first kappa shape index (κ1) is 32.4. The lowest BCUT2D eigenvalue weighted by Gasteiger charge is -2.34. The van der Waals surface area contributed by atoms with Gasteiger partial charge in [0.1, 0.15) is 12.6 Å². The summed E-state index contributed by atoms with van der Waals surface area (Å²) in [5, 5.41) is 3.73. The van der Waals surface area contributed by atoms with E-state index in [1.165, 1.54) is 23.1 Å². The molecule has 0 saturated carbocycles. The van der Waals surface area contributed by atoms with Crippen molar-refractivity contribution in [3.05, 3.63) is 129 Å². The minimum Gasteiger partial charge on any atom is -0.355 e. The van der Waals surface area contributed by atoms with E-state index in [1.54, 1.807) is 61.5 Å². The van der Waals surface area contributed by atoms with Gasteiger partial charge in [-0.15, -0.1) is 0 Å². The van der Waals surface area contributed by atoms with Crippen molar-refractivity contribution in [2.45, 2.75) is 30.8 Å². The highest BCUT2D eigenvalue weighted by atomic mass is 35.5. The number of sulfonamides is 1. The Morgan fingerprint density at radius 2 is 1.42 bits per heavy atom. The Labute approximate surface area is 267 Å². The summed E-state index contributed by atoms with van der Waals surface area (Å²) in [6, 6.07) is 27.2. The number of nitrogens with one attached hydrogen (secondary N) is 1. The first-order valence-electron chi connectivity index (χ1n) is 13.5. The summed E-state index contributed by atoms with van der Waals surface area (Å²) in [4.78, 5) is 29.3. The monoisotopic (exact) mass is 657 g/mol. The molecule has 0 unspecified atom stereocenters. The topological polar surface area (TPSA) is 86.8 Å². The van der Waals surface area contributed by atoms with Crippen molar-refractivity contribution in [3.8, 4) is 0 Å². The summed E-state index contributed by atoms with van der Waals surface area (Å²) in [6.45, 7) is 1.35. The van der Waals surface area contributed by atoms with Gasteiger partial charge >= 0.3 is 0 Å². The van der Waals surface area contributed by atoms with Crippen LogP contribution in [0.25, 0.3) is 0 Å². The van der Waals surface area contributed by atoms with Gasteiger partial charge in [-0.2, -0.15) is 0 Å². The van der Waals surface area contributed by atoms with Crippen molar-refractivity contribution in [1.82, 2.24) is 10.2 Å². The van der Waals surface area contributed by atoms with Crippen LogP contribution in [0.2, 0.25) is 15.1 Å². The van der Waals surface area contributed by atoms with Crippen LogP contribution in [0.15, 0.2) is 108 Å². The van der Waals surface area contributed by atoms with E-state index in [9.17, 15) is 18.0 Å². The number of carbonyl (C=O) groups is 2. The van der Waals surface area contributed by atoms with Crippen molar-refractivity contribution >= 4 is 62.3 Å². The summed E-state index contributed by atoms with van der Waals surface area (Å²) in [7, 11) is -4.23. The van der Waals surface area contributed by atoms with E-state index in [1.807, 2.05) is 30.3 Å². The van der Waals surface area contributed by atoms with Crippen molar-refractivity contribution in [1.29, 1.82) is 0 Å². The largest absolute Gasteiger partial charge is 0.355 e. The third kappa shape index (κ3) is 8.09. The van der Waals surface area contributed by atoms with E-state index in [0.29, 0.717) is 27.2 Å². The number of rotatable bonds is 12. The fourth-order valence-electron chi connectivity index (χ4n) is 4.58. The molecule has 0 heterocycles. The van der Waals surface area contributed by atoms with E-state index in [0.717, 1.165) is 9.87 Å². The smallest absolute Gasteiger partial charge is 0.264 e. The maximum absolute atomic E-state index is 14.4. The van der Waals surface area contributed by atoms with Gasteiger partial charge in [0.05, 0.1) is 10.6 Å². The molecule has 1 N–H and O–H groups in total.